The van der Waals surface area contributed by atoms with E-state index in [0.29, 0.717) is 15.9 Å². The summed E-state index contributed by atoms with van der Waals surface area (Å²) in [7, 11) is -3.44. The van der Waals surface area contributed by atoms with Crippen LogP contribution in [0.4, 0.5) is 0 Å². The van der Waals surface area contributed by atoms with E-state index >= 15 is 0 Å². The van der Waals surface area contributed by atoms with Crippen LogP contribution in [-0.2, 0) is 10.0 Å². The summed E-state index contributed by atoms with van der Waals surface area (Å²) in [6.45, 7) is 5.94. The van der Waals surface area contributed by atoms with Crippen LogP contribution in [0.3, 0.4) is 0 Å². The van der Waals surface area contributed by atoms with Gasteiger partial charge in [-0.2, -0.15) is 4.31 Å². The summed E-state index contributed by atoms with van der Waals surface area (Å²) in [5.74, 6) is 0. The molecule has 0 amide bonds. The zero-order valence-electron chi connectivity index (χ0n) is 11.2. The molecule has 106 valence electrons. The van der Waals surface area contributed by atoms with Crippen molar-refractivity contribution in [1.82, 2.24) is 9.62 Å². The van der Waals surface area contributed by atoms with Crippen LogP contribution in [0.1, 0.15) is 18.9 Å². The fourth-order valence-electron chi connectivity index (χ4n) is 2.45. The van der Waals surface area contributed by atoms with Crippen LogP contribution in [0.2, 0.25) is 0 Å². The second kappa shape index (κ2) is 5.91. The van der Waals surface area contributed by atoms with Gasteiger partial charge in [-0.25, -0.2) is 8.42 Å². The molecule has 1 heterocycles. The predicted octanol–water partition coefficient (Wildman–Crippen LogP) is 2.13. The van der Waals surface area contributed by atoms with Gasteiger partial charge in [-0.15, -0.1) is 0 Å². The summed E-state index contributed by atoms with van der Waals surface area (Å²) in [4.78, 5) is 0.354. The maximum absolute atomic E-state index is 12.8. The van der Waals surface area contributed by atoms with Crippen LogP contribution < -0.4 is 5.32 Å². The second-order valence-electron chi connectivity index (χ2n) is 4.79. The largest absolute Gasteiger partial charge is 0.315 e. The Hall–Kier alpha value is -0.430. The van der Waals surface area contributed by atoms with Crippen molar-refractivity contribution in [1.29, 1.82) is 0 Å². The van der Waals surface area contributed by atoms with E-state index < -0.39 is 10.0 Å². The molecule has 0 saturated carbocycles. The summed E-state index contributed by atoms with van der Waals surface area (Å²) >= 11 is 3.37. The number of rotatable bonds is 4. The Balaban J connectivity index is 2.39. The van der Waals surface area contributed by atoms with Gasteiger partial charge in [0.25, 0.3) is 0 Å². The molecular formula is C13H19BrN2O2S. The molecule has 0 radical (unpaired) electrons. The van der Waals surface area contributed by atoms with Crippen LogP contribution in [0.25, 0.3) is 0 Å². The molecule has 2 rings (SSSR count). The highest BCUT2D eigenvalue weighted by molar-refractivity contribution is 9.10. The first-order valence-corrected chi connectivity index (χ1v) is 8.69. The third-order valence-corrected chi connectivity index (χ3v) is 6.43. The molecule has 0 aliphatic carbocycles. The Bertz CT molecular complexity index is 554. The molecule has 1 fully saturated rings. The monoisotopic (exact) mass is 346 g/mol. The van der Waals surface area contributed by atoms with Crippen LogP contribution in [0.15, 0.2) is 27.6 Å². The van der Waals surface area contributed by atoms with Gasteiger partial charge in [0.05, 0.1) is 4.90 Å². The van der Waals surface area contributed by atoms with Crippen molar-refractivity contribution in [3.05, 3.63) is 28.2 Å². The normalized spacial score (nSPS) is 20.1. The van der Waals surface area contributed by atoms with Gasteiger partial charge in [-0.05, 0) is 53.5 Å². The maximum atomic E-state index is 12.8. The summed E-state index contributed by atoms with van der Waals surface area (Å²) in [6.07, 6.45) is 0.872. The molecule has 1 unspecified atom stereocenters. The van der Waals surface area contributed by atoms with Crippen LogP contribution in [-0.4, -0.2) is 38.4 Å². The number of nitrogens with zero attached hydrogens (tertiary/aromatic N) is 1. The summed E-state index contributed by atoms with van der Waals surface area (Å²) in [5.41, 5.74) is 1.04. The third-order valence-electron chi connectivity index (χ3n) is 3.43. The Labute approximate surface area is 123 Å². The van der Waals surface area contributed by atoms with E-state index in [2.05, 4.69) is 21.2 Å². The van der Waals surface area contributed by atoms with Gasteiger partial charge in [0, 0.05) is 23.6 Å². The van der Waals surface area contributed by atoms with Crippen molar-refractivity contribution in [2.24, 2.45) is 0 Å². The molecule has 19 heavy (non-hydrogen) atoms. The Morgan fingerprint density at radius 2 is 2.21 bits per heavy atom. The highest BCUT2D eigenvalue weighted by Gasteiger charge is 2.32. The van der Waals surface area contributed by atoms with Crippen LogP contribution >= 0.6 is 15.9 Å². The van der Waals surface area contributed by atoms with Crippen LogP contribution in [0, 0.1) is 6.92 Å². The lowest BCUT2D eigenvalue weighted by molar-refractivity contribution is 0.348. The van der Waals surface area contributed by atoms with Gasteiger partial charge in [0.15, 0.2) is 0 Å². The smallest absolute Gasteiger partial charge is 0.244 e. The van der Waals surface area contributed by atoms with E-state index in [4.69, 9.17) is 0 Å². The van der Waals surface area contributed by atoms with Gasteiger partial charge < -0.3 is 5.32 Å². The van der Waals surface area contributed by atoms with Gasteiger partial charge in [0.1, 0.15) is 0 Å². The standard InChI is InChI=1S/C13H19BrN2O2S/c1-3-16(11-6-7-15-9-11)19(17,18)13-5-4-10(2)8-12(13)14/h4-5,8,11,15H,3,6-7,9H2,1-2H3. The van der Waals surface area contributed by atoms with Gasteiger partial charge in [0.2, 0.25) is 10.0 Å². The second-order valence-corrected chi connectivity index (χ2v) is 7.50. The highest BCUT2D eigenvalue weighted by Crippen LogP contribution is 2.28. The summed E-state index contributed by atoms with van der Waals surface area (Å²) < 4.78 is 27.7. The molecule has 6 heteroatoms. The van der Waals surface area contributed by atoms with Gasteiger partial charge in [-0.1, -0.05) is 13.0 Å². The number of nitrogens with one attached hydrogen (secondary N) is 1. The SMILES string of the molecule is CCN(C1CCNC1)S(=O)(=O)c1ccc(C)cc1Br. The van der Waals surface area contributed by atoms with E-state index in [-0.39, 0.29) is 6.04 Å². The van der Waals surface area contributed by atoms with E-state index in [1.807, 2.05) is 26.0 Å². The molecule has 1 aromatic rings. The fourth-order valence-corrected chi connectivity index (χ4v) is 5.27. The Kier molecular flexibility index (Phi) is 4.66. The van der Waals surface area contributed by atoms with Gasteiger partial charge in [-0.3, -0.25) is 0 Å². The number of benzene rings is 1. The van der Waals surface area contributed by atoms with E-state index in [1.54, 1.807) is 10.4 Å². The quantitative estimate of drug-likeness (QED) is 0.908. The number of sulfonamides is 1. The Morgan fingerprint density at radius 1 is 1.47 bits per heavy atom. The zero-order valence-corrected chi connectivity index (χ0v) is 13.6. The summed E-state index contributed by atoms with van der Waals surface area (Å²) in [6, 6.07) is 5.41. The van der Waals surface area contributed by atoms with Crippen molar-refractivity contribution in [3.63, 3.8) is 0 Å². The minimum atomic E-state index is -3.44. The Morgan fingerprint density at radius 3 is 2.74 bits per heavy atom. The van der Waals surface area contributed by atoms with Crippen molar-refractivity contribution in [3.8, 4) is 0 Å². The first-order chi connectivity index (χ1) is 8.96. The lowest BCUT2D eigenvalue weighted by Crippen LogP contribution is -2.41. The number of likely N-dealkylation sites (N-methyl/N-ethyl adjacent to an activating group) is 1. The molecule has 1 N–H and O–H groups in total. The maximum Gasteiger partial charge on any atom is 0.244 e. The molecule has 0 aromatic heterocycles. The third kappa shape index (κ3) is 3.02. The lowest BCUT2D eigenvalue weighted by atomic mass is 10.2. The lowest BCUT2D eigenvalue weighted by Gasteiger charge is -2.26. The molecule has 1 aromatic carbocycles. The minimum absolute atomic E-state index is 0.0585. The molecule has 4 nitrogen and oxygen atoms in total. The van der Waals surface area contributed by atoms with Crippen LogP contribution in [0.5, 0.6) is 0 Å². The first kappa shape index (κ1) is 15.0. The molecule has 1 aliphatic rings. The zero-order chi connectivity index (χ0) is 14.0. The van der Waals surface area contributed by atoms with E-state index in [0.717, 1.165) is 25.1 Å². The predicted molar refractivity (Wildman–Crippen MR) is 79.7 cm³/mol. The number of aryl methyl sites for hydroxylation is 1. The van der Waals surface area contributed by atoms with Crippen molar-refractivity contribution >= 4 is 26.0 Å². The van der Waals surface area contributed by atoms with Crippen molar-refractivity contribution in [2.45, 2.75) is 31.2 Å². The molecule has 1 aliphatic heterocycles. The molecule has 0 spiro atoms. The fraction of sp³-hybridized carbons (Fsp3) is 0.538. The average molecular weight is 347 g/mol. The summed E-state index contributed by atoms with van der Waals surface area (Å²) in [5, 5.41) is 3.22. The topological polar surface area (TPSA) is 49.4 Å². The molecular weight excluding hydrogens is 328 g/mol. The van der Waals surface area contributed by atoms with E-state index in [1.165, 1.54) is 0 Å². The number of hydrogen-bond donors (Lipinski definition) is 1. The highest BCUT2D eigenvalue weighted by atomic mass is 79.9. The molecule has 1 saturated heterocycles. The number of halogens is 1. The van der Waals surface area contributed by atoms with Gasteiger partial charge >= 0.3 is 0 Å². The number of hydrogen-bond acceptors (Lipinski definition) is 3. The molecule has 0 bridgehead atoms. The first-order valence-electron chi connectivity index (χ1n) is 6.45. The van der Waals surface area contributed by atoms with E-state index in [9.17, 15) is 8.42 Å². The minimum Gasteiger partial charge on any atom is -0.315 e. The van der Waals surface area contributed by atoms with Crippen molar-refractivity contribution in [2.75, 3.05) is 19.6 Å². The average Bonchev–Trinajstić information content (AvgIpc) is 2.82. The van der Waals surface area contributed by atoms with Crippen molar-refractivity contribution < 1.29 is 8.42 Å². The molecule has 1 atom stereocenters.